The maximum Gasteiger partial charge on any atom is 0.0484 e. The molecule has 108 valence electrons. The molecule has 0 unspecified atom stereocenters. The number of hydrogen-bond donors (Lipinski definition) is 1. The lowest BCUT2D eigenvalue weighted by Crippen LogP contribution is -2.23. The van der Waals surface area contributed by atoms with Crippen molar-refractivity contribution in [3.63, 3.8) is 0 Å². The number of likely N-dealkylation sites (tertiary alicyclic amines) is 1. The summed E-state index contributed by atoms with van der Waals surface area (Å²) in [7, 11) is 2.13. The predicted octanol–water partition coefficient (Wildman–Crippen LogP) is 3.01. The van der Waals surface area contributed by atoms with E-state index in [-0.39, 0.29) is 0 Å². The van der Waals surface area contributed by atoms with Gasteiger partial charge < -0.3 is 10.3 Å². The Morgan fingerprint density at radius 2 is 1.80 bits per heavy atom. The van der Waals surface area contributed by atoms with Crippen molar-refractivity contribution in [2.75, 3.05) is 13.1 Å². The third-order valence-electron chi connectivity index (χ3n) is 4.49. The van der Waals surface area contributed by atoms with Crippen LogP contribution in [0.2, 0.25) is 0 Å². The first-order valence-corrected chi connectivity index (χ1v) is 7.78. The Labute approximate surface area is 121 Å². The van der Waals surface area contributed by atoms with Gasteiger partial charge in [-0.3, -0.25) is 4.90 Å². The smallest absolute Gasteiger partial charge is 0.0484 e. The van der Waals surface area contributed by atoms with Crippen LogP contribution in [0.5, 0.6) is 0 Å². The maximum atomic E-state index is 5.93. The lowest BCUT2D eigenvalue weighted by atomic mass is 10.1. The average Bonchev–Trinajstić information content (AvgIpc) is 2.66. The zero-order valence-corrected chi connectivity index (χ0v) is 12.4. The van der Waals surface area contributed by atoms with E-state index in [0.717, 1.165) is 6.54 Å². The van der Waals surface area contributed by atoms with Crippen molar-refractivity contribution in [1.82, 2.24) is 9.47 Å². The zero-order chi connectivity index (χ0) is 13.9. The van der Waals surface area contributed by atoms with E-state index in [4.69, 9.17) is 5.73 Å². The number of rotatable bonds is 3. The van der Waals surface area contributed by atoms with E-state index in [9.17, 15) is 0 Å². The molecular weight excluding hydrogens is 246 g/mol. The van der Waals surface area contributed by atoms with Crippen molar-refractivity contribution in [2.24, 2.45) is 12.8 Å². The van der Waals surface area contributed by atoms with Crippen LogP contribution in [0.1, 0.15) is 36.8 Å². The van der Waals surface area contributed by atoms with Gasteiger partial charge in [-0.1, -0.05) is 25.0 Å². The molecule has 0 amide bonds. The Bertz CT molecular complexity index is 577. The molecule has 0 atom stereocenters. The van der Waals surface area contributed by atoms with Crippen molar-refractivity contribution in [1.29, 1.82) is 0 Å². The minimum absolute atomic E-state index is 0.619. The molecule has 3 nitrogen and oxygen atoms in total. The van der Waals surface area contributed by atoms with Crippen LogP contribution >= 0.6 is 0 Å². The number of fused-ring (bicyclic) bond motifs is 1. The molecule has 2 N–H and O–H groups in total. The van der Waals surface area contributed by atoms with Gasteiger partial charge in [-0.05, 0) is 43.1 Å². The molecule has 1 aliphatic rings. The first-order valence-electron chi connectivity index (χ1n) is 7.78. The fourth-order valence-electron chi connectivity index (χ4n) is 3.44. The van der Waals surface area contributed by atoms with Crippen LogP contribution in [0.15, 0.2) is 24.4 Å². The second-order valence-corrected chi connectivity index (χ2v) is 5.97. The maximum absolute atomic E-state index is 5.93. The van der Waals surface area contributed by atoms with E-state index in [0.29, 0.717) is 6.54 Å². The van der Waals surface area contributed by atoms with Crippen molar-refractivity contribution < 1.29 is 0 Å². The highest BCUT2D eigenvalue weighted by Crippen LogP contribution is 2.26. The summed E-state index contributed by atoms with van der Waals surface area (Å²) in [5.41, 5.74) is 9.94. The molecule has 1 aromatic heterocycles. The van der Waals surface area contributed by atoms with Gasteiger partial charge in [0.05, 0.1) is 0 Å². The Balaban J connectivity index is 1.94. The summed E-state index contributed by atoms with van der Waals surface area (Å²) in [6.45, 7) is 4.16. The fourth-order valence-corrected chi connectivity index (χ4v) is 3.44. The van der Waals surface area contributed by atoms with Crippen LogP contribution in [0.4, 0.5) is 0 Å². The SMILES string of the molecule is Cn1cc(CN2CCCCCC2)c2c(CN)cccc21. The van der Waals surface area contributed by atoms with E-state index in [2.05, 4.69) is 40.9 Å². The summed E-state index contributed by atoms with van der Waals surface area (Å²) >= 11 is 0. The lowest BCUT2D eigenvalue weighted by Gasteiger charge is -2.19. The quantitative estimate of drug-likeness (QED) is 0.931. The van der Waals surface area contributed by atoms with Crippen molar-refractivity contribution in [3.8, 4) is 0 Å². The van der Waals surface area contributed by atoms with Gasteiger partial charge in [0, 0.05) is 37.2 Å². The second kappa shape index (κ2) is 5.98. The summed E-state index contributed by atoms with van der Waals surface area (Å²) in [5.74, 6) is 0. The molecule has 3 rings (SSSR count). The summed E-state index contributed by atoms with van der Waals surface area (Å²) in [5, 5.41) is 1.38. The van der Waals surface area contributed by atoms with Crippen LogP contribution in [0, 0.1) is 0 Å². The molecule has 1 fully saturated rings. The van der Waals surface area contributed by atoms with Gasteiger partial charge in [0.25, 0.3) is 0 Å². The van der Waals surface area contributed by atoms with Crippen LogP contribution in [-0.2, 0) is 20.1 Å². The minimum Gasteiger partial charge on any atom is -0.350 e. The second-order valence-electron chi connectivity index (χ2n) is 5.97. The standard InChI is InChI=1S/C17H25N3/c1-19-12-15(13-20-9-4-2-3-5-10-20)17-14(11-18)7-6-8-16(17)19/h6-8,12H,2-5,9-11,13,18H2,1H3. The number of nitrogens with two attached hydrogens (primary N) is 1. The van der Waals surface area contributed by atoms with Crippen LogP contribution in [0.3, 0.4) is 0 Å². The first-order chi connectivity index (χ1) is 9.79. The van der Waals surface area contributed by atoms with Gasteiger partial charge >= 0.3 is 0 Å². The molecule has 1 saturated heterocycles. The van der Waals surface area contributed by atoms with E-state index in [1.165, 1.54) is 60.8 Å². The highest BCUT2D eigenvalue weighted by molar-refractivity contribution is 5.87. The molecule has 1 aliphatic heterocycles. The normalized spacial score (nSPS) is 17.5. The van der Waals surface area contributed by atoms with E-state index < -0.39 is 0 Å². The van der Waals surface area contributed by atoms with E-state index in [1.807, 2.05) is 0 Å². The monoisotopic (exact) mass is 271 g/mol. The minimum atomic E-state index is 0.619. The fraction of sp³-hybridized carbons (Fsp3) is 0.529. The van der Waals surface area contributed by atoms with E-state index >= 15 is 0 Å². The van der Waals surface area contributed by atoms with Gasteiger partial charge in [-0.15, -0.1) is 0 Å². The molecule has 0 radical (unpaired) electrons. The number of nitrogens with zero attached hydrogens (tertiary/aromatic N) is 2. The van der Waals surface area contributed by atoms with Gasteiger partial charge in [0.1, 0.15) is 0 Å². The number of aryl methyl sites for hydroxylation is 1. The Morgan fingerprint density at radius 3 is 2.50 bits per heavy atom. The number of benzene rings is 1. The largest absolute Gasteiger partial charge is 0.350 e. The van der Waals surface area contributed by atoms with Crippen molar-refractivity contribution in [3.05, 3.63) is 35.5 Å². The van der Waals surface area contributed by atoms with Gasteiger partial charge in [-0.25, -0.2) is 0 Å². The molecule has 2 heterocycles. The molecule has 20 heavy (non-hydrogen) atoms. The Hall–Kier alpha value is -1.32. The average molecular weight is 271 g/mol. The third kappa shape index (κ3) is 2.60. The zero-order valence-electron chi connectivity index (χ0n) is 12.4. The first kappa shape index (κ1) is 13.7. The summed E-state index contributed by atoms with van der Waals surface area (Å²) < 4.78 is 2.24. The van der Waals surface area contributed by atoms with Crippen LogP contribution in [0.25, 0.3) is 10.9 Å². The predicted molar refractivity (Wildman–Crippen MR) is 84.6 cm³/mol. The lowest BCUT2D eigenvalue weighted by molar-refractivity contribution is 0.278. The highest BCUT2D eigenvalue weighted by Gasteiger charge is 2.14. The summed E-state index contributed by atoms with van der Waals surface area (Å²) in [6, 6.07) is 6.47. The Kier molecular flexibility index (Phi) is 4.08. The highest BCUT2D eigenvalue weighted by atomic mass is 15.1. The van der Waals surface area contributed by atoms with Crippen LogP contribution in [-0.4, -0.2) is 22.6 Å². The number of hydrogen-bond acceptors (Lipinski definition) is 2. The van der Waals surface area contributed by atoms with Gasteiger partial charge in [0.15, 0.2) is 0 Å². The molecule has 0 spiro atoms. The van der Waals surface area contributed by atoms with Crippen LogP contribution < -0.4 is 5.73 Å². The van der Waals surface area contributed by atoms with Gasteiger partial charge in [0.2, 0.25) is 0 Å². The molecule has 0 bridgehead atoms. The van der Waals surface area contributed by atoms with Gasteiger partial charge in [-0.2, -0.15) is 0 Å². The number of aromatic nitrogens is 1. The molecular formula is C17H25N3. The molecule has 2 aromatic rings. The molecule has 3 heteroatoms. The topological polar surface area (TPSA) is 34.2 Å². The molecule has 1 aromatic carbocycles. The molecule has 0 saturated carbocycles. The summed E-state index contributed by atoms with van der Waals surface area (Å²) in [6.07, 6.45) is 7.75. The van der Waals surface area contributed by atoms with Crippen molar-refractivity contribution >= 4 is 10.9 Å². The Morgan fingerprint density at radius 1 is 1.05 bits per heavy atom. The third-order valence-corrected chi connectivity index (χ3v) is 4.49. The van der Waals surface area contributed by atoms with Crippen molar-refractivity contribution in [2.45, 2.75) is 38.8 Å². The molecule has 0 aliphatic carbocycles. The van der Waals surface area contributed by atoms with E-state index in [1.54, 1.807) is 0 Å². The summed E-state index contributed by atoms with van der Waals surface area (Å²) in [4.78, 5) is 2.61.